The van der Waals surface area contributed by atoms with Gasteiger partial charge in [0.1, 0.15) is 0 Å². The Morgan fingerprint density at radius 3 is 2.75 bits per heavy atom. The Morgan fingerprint density at radius 1 is 1.33 bits per heavy atom. The SMILES string of the molecule is CN(C(=O)C1CC1C(=O)NCc1ccccn1)C1CCS(=O)(=O)C1. The number of pyridine rings is 1. The molecule has 2 heterocycles. The van der Waals surface area contributed by atoms with E-state index in [2.05, 4.69) is 10.3 Å². The van der Waals surface area contributed by atoms with Crippen LogP contribution in [0.3, 0.4) is 0 Å². The van der Waals surface area contributed by atoms with E-state index in [1.54, 1.807) is 19.3 Å². The number of hydrogen-bond acceptors (Lipinski definition) is 5. The first-order valence-electron chi connectivity index (χ1n) is 8.02. The van der Waals surface area contributed by atoms with Gasteiger partial charge in [-0.15, -0.1) is 0 Å². The van der Waals surface area contributed by atoms with Crippen molar-refractivity contribution in [3.63, 3.8) is 0 Å². The van der Waals surface area contributed by atoms with Gasteiger partial charge in [0.2, 0.25) is 11.8 Å². The first-order valence-corrected chi connectivity index (χ1v) is 9.84. The summed E-state index contributed by atoms with van der Waals surface area (Å²) in [6, 6.07) is 5.22. The molecule has 0 radical (unpaired) electrons. The monoisotopic (exact) mass is 351 g/mol. The second-order valence-corrected chi connectivity index (χ2v) is 8.72. The summed E-state index contributed by atoms with van der Waals surface area (Å²) >= 11 is 0. The van der Waals surface area contributed by atoms with Crippen LogP contribution in [0.1, 0.15) is 18.5 Å². The van der Waals surface area contributed by atoms with Crippen LogP contribution in [-0.4, -0.2) is 54.7 Å². The molecule has 3 unspecified atom stereocenters. The number of amides is 2. The molecule has 130 valence electrons. The second-order valence-electron chi connectivity index (χ2n) is 6.49. The molecule has 2 fully saturated rings. The van der Waals surface area contributed by atoms with Crippen molar-refractivity contribution < 1.29 is 18.0 Å². The summed E-state index contributed by atoms with van der Waals surface area (Å²) < 4.78 is 23.1. The molecule has 7 nitrogen and oxygen atoms in total. The summed E-state index contributed by atoms with van der Waals surface area (Å²) in [7, 11) is -1.39. The highest BCUT2D eigenvalue weighted by molar-refractivity contribution is 7.91. The van der Waals surface area contributed by atoms with Crippen LogP contribution < -0.4 is 5.32 Å². The fraction of sp³-hybridized carbons (Fsp3) is 0.562. The molecule has 1 aromatic heterocycles. The Balaban J connectivity index is 1.49. The third-order valence-corrected chi connectivity index (χ3v) is 6.47. The van der Waals surface area contributed by atoms with Crippen LogP contribution in [0.4, 0.5) is 0 Å². The van der Waals surface area contributed by atoms with Gasteiger partial charge in [0.05, 0.1) is 35.6 Å². The van der Waals surface area contributed by atoms with Gasteiger partial charge in [-0.3, -0.25) is 14.6 Å². The van der Waals surface area contributed by atoms with E-state index in [1.807, 2.05) is 12.1 Å². The molecule has 1 saturated carbocycles. The van der Waals surface area contributed by atoms with Crippen molar-refractivity contribution in [1.29, 1.82) is 0 Å². The minimum absolute atomic E-state index is 0.0263. The number of carbonyl (C=O) groups excluding carboxylic acids is 2. The van der Waals surface area contributed by atoms with Crippen LogP contribution in [-0.2, 0) is 26.0 Å². The molecular weight excluding hydrogens is 330 g/mol. The van der Waals surface area contributed by atoms with Crippen molar-refractivity contribution in [2.24, 2.45) is 11.8 Å². The normalized spacial score (nSPS) is 27.5. The van der Waals surface area contributed by atoms with E-state index >= 15 is 0 Å². The second kappa shape index (κ2) is 6.51. The highest BCUT2D eigenvalue weighted by Gasteiger charge is 2.50. The molecule has 3 atom stereocenters. The van der Waals surface area contributed by atoms with Crippen molar-refractivity contribution in [2.75, 3.05) is 18.6 Å². The summed E-state index contributed by atoms with van der Waals surface area (Å²) in [5.74, 6) is -0.767. The van der Waals surface area contributed by atoms with E-state index < -0.39 is 9.84 Å². The molecule has 0 aromatic carbocycles. The molecule has 0 spiro atoms. The summed E-state index contributed by atoms with van der Waals surface area (Å²) in [6.45, 7) is 0.341. The molecule has 1 aromatic rings. The Hall–Kier alpha value is -1.96. The fourth-order valence-electron chi connectivity index (χ4n) is 3.09. The van der Waals surface area contributed by atoms with Gasteiger partial charge in [-0.2, -0.15) is 0 Å². The molecule has 3 rings (SSSR count). The Kier molecular flexibility index (Phi) is 4.58. The molecule has 1 saturated heterocycles. The van der Waals surface area contributed by atoms with E-state index in [0.29, 0.717) is 19.4 Å². The molecule has 24 heavy (non-hydrogen) atoms. The van der Waals surface area contributed by atoms with Crippen molar-refractivity contribution in [1.82, 2.24) is 15.2 Å². The largest absolute Gasteiger partial charge is 0.350 e. The number of nitrogens with zero attached hydrogens (tertiary/aromatic N) is 2. The van der Waals surface area contributed by atoms with Crippen LogP contribution in [0.15, 0.2) is 24.4 Å². The minimum Gasteiger partial charge on any atom is -0.350 e. The van der Waals surface area contributed by atoms with Crippen molar-refractivity contribution in [3.05, 3.63) is 30.1 Å². The predicted molar refractivity (Wildman–Crippen MR) is 87.5 cm³/mol. The van der Waals surface area contributed by atoms with Crippen LogP contribution in [0.2, 0.25) is 0 Å². The smallest absolute Gasteiger partial charge is 0.226 e. The van der Waals surface area contributed by atoms with Gasteiger partial charge in [0.15, 0.2) is 9.84 Å². The molecule has 1 N–H and O–H groups in total. The van der Waals surface area contributed by atoms with Gasteiger partial charge in [0.25, 0.3) is 0 Å². The maximum absolute atomic E-state index is 12.4. The van der Waals surface area contributed by atoms with E-state index in [0.717, 1.165) is 5.69 Å². The number of rotatable bonds is 5. The highest BCUT2D eigenvalue weighted by atomic mass is 32.2. The number of aromatic nitrogens is 1. The van der Waals surface area contributed by atoms with Crippen LogP contribution in [0.25, 0.3) is 0 Å². The van der Waals surface area contributed by atoms with Gasteiger partial charge in [-0.1, -0.05) is 6.07 Å². The minimum atomic E-state index is -3.03. The third-order valence-electron chi connectivity index (χ3n) is 4.72. The summed E-state index contributed by atoms with van der Waals surface area (Å²) in [5, 5.41) is 2.80. The maximum atomic E-state index is 12.4. The third kappa shape index (κ3) is 3.75. The molecule has 8 heteroatoms. The van der Waals surface area contributed by atoms with Crippen molar-refractivity contribution in [2.45, 2.75) is 25.4 Å². The molecule has 1 aliphatic carbocycles. The first-order chi connectivity index (χ1) is 11.4. The van der Waals surface area contributed by atoms with Gasteiger partial charge < -0.3 is 10.2 Å². The average molecular weight is 351 g/mol. The van der Waals surface area contributed by atoms with Crippen LogP contribution >= 0.6 is 0 Å². The molecular formula is C16H21N3O4S. The molecule has 1 aliphatic heterocycles. The standard InChI is InChI=1S/C16H21N3O4S/c1-19(12-5-7-24(22,23)10-12)16(21)14-8-13(14)15(20)18-9-11-4-2-3-6-17-11/h2-4,6,12-14H,5,7-10H2,1H3,(H,18,20). The molecule has 0 bridgehead atoms. The molecule has 2 amide bonds. The average Bonchev–Trinajstić information content (AvgIpc) is 3.29. The maximum Gasteiger partial charge on any atom is 0.226 e. The number of sulfone groups is 1. The van der Waals surface area contributed by atoms with Crippen LogP contribution in [0, 0.1) is 11.8 Å². The zero-order valence-corrected chi connectivity index (χ0v) is 14.3. The van der Waals surface area contributed by atoms with Crippen molar-refractivity contribution in [3.8, 4) is 0 Å². The fourth-order valence-corrected chi connectivity index (χ4v) is 4.87. The quantitative estimate of drug-likeness (QED) is 0.804. The van der Waals surface area contributed by atoms with Crippen molar-refractivity contribution >= 4 is 21.7 Å². The lowest BCUT2D eigenvalue weighted by molar-refractivity contribution is -0.135. The number of carbonyl (C=O) groups is 2. The highest BCUT2D eigenvalue weighted by Crippen LogP contribution is 2.40. The number of hydrogen-bond donors (Lipinski definition) is 1. The predicted octanol–water partition coefficient (Wildman–Crippen LogP) is -0.0206. The number of nitrogens with one attached hydrogen (secondary N) is 1. The van der Waals surface area contributed by atoms with Gasteiger partial charge in [-0.25, -0.2) is 8.42 Å². The lowest BCUT2D eigenvalue weighted by Crippen LogP contribution is -2.39. The first kappa shape index (κ1) is 16.9. The Morgan fingerprint density at radius 2 is 2.12 bits per heavy atom. The van der Waals surface area contributed by atoms with Gasteiger partial charge in [-0.05, 0) is 25.0 Å². The summed E-state index contributed by atoms with van der Waals surface area (Å²) in [6.07, 6.45) is 2.67. The zero-order chi connectivity index (χ0) is 17.3. The Bertz CT molecular complexity index is 735. The summed E-state index contributed by atoms with van der Waals surface area (Å²) in [4.78, 5) is 30.2. The van der Waals surface area contributed by atoms with E-state index in [4.69, 9.17) is 0 Å². The lowest BCUT2D eigenvalue weighted by atomic mass is 10.2. The van der Waals surface area contributed by atoms with Crippen LogP contribution in [0.5, 0.6) is 0 Å². The Labute approximate surface area is 141 Å². The summed E-state index contributed by atoms with van der Waals surface area (Å²) in [5.41, 5.74) is 0.766. The van der Waals surface area contributed by atoms with Gasteiger partial charge >= 0.3 is 0 Å². The van der Waals surface area contributed by atoms with E-state index in [-0.39, 0.29) is 41.2 Å². The lowest BCUT2D eigenvalue weighted by Gasteiger charge is -2.23. The topological polar surface area (TPSA) is 96.4 Å². The van der Waals surface area contributed by atoms with E-state index in [9.17, 15) is 18.0 Å². The van der Waals surface area contributed by atoms with Gasteiger partial charge in [0, 0.05) is 19.3 Å². The van der Waals surface area contributed by atoms with E-state index in [1.165, 1.54) is 4.90 Å². The zero-order valence-electron chi connectivity index (χ0n) is 13.5. The molecule has 2 aliphatic rings.